The van der Waals surface area contributed by atoms with Crippen molar-refractivity contribution >= 4 is 16.2 Å². The summed E-state index contributed by atoms with van der Waals surface area (Å²) in [5.41, 5.74) is 0.312. The van der Waals surface area contributed by atoms with Crippen molar-refractivity contribution in [1.82, 2.24) is 14.5 Å². The number of aryl methyl sites for hydroxylation is 1. The van der Waals surface area contributed by atoms with Crippen LogP contribution in [0.3, 0.4) is 0 Å². The van der Waals surface area contributed by atoms with Crippen LogP contribution in [-0.4, -0.2) is 60.5 Å². The molecule has 2 atom stereocenters. The summed E-state index contributed by atoms with van der Waals surface area (Å²) in [5, 5.41) is 8.79. The highest BCUT2D eigenvalue weighted by atomic mass is 32.2. The van der Waals surface area contributed by atoms with Crippen LogP contribution in [0, 0.1) is 11.3 Å². The molecule has 1 fully saturated rings. The third-order valence-electron chi connectivity index (χ3n) is 3.71. The van der Waals surface area contributed by atoms with E-state index in [4.69, 9.17) is 14.2 Å². The molecule has 0 saturated carbocycles. The molecule has 9 nitrogen and oxygen atoms in total. The number of hydrogen-bond acceptors (Lipinski definition) is 7. The second kappa shape index (κ2) is 8.13. The number of carbonyl (C=O) groups is 1. The van der Waals surface area contributed by atoms with Crippen molar-refractivity contribution in [2.24, 2.45) is 0 Å². The lowest BCUT2D eigenvalue weighted by atomic mass is 10.1. The molecule has 2 rings (SSSR count). The van der Waals surface area contributed by atoms with E-state index in [1.54, 1.807) is 17.1 Å². The second-order valence-electron chi connectivity index (χ2n) is 5.73. The highest BCUT2D eigenvalue weighted by Crippen LogP contribution is 2.25. The molecule has 1 saturated heterocycles. The van der Waals surface area contributed by atoms with E-state index < -0.39 is 22.3 Å². The van der Waals surface area contributed by atoms with E-state index in [0.29, 0.717) is 25.1 Å². The van der Waals surface area contributed by atoms with Crippen LogP contribution in [-0.2, 0) is 25.6 Å². The van der Waals surface area contributed by atoms with E-state index in [1.807, 2.05) is 6.07 Å². The Balaban J connectivity index is 2.03. The number of aromatic nitrogens is 2. The van der Waals surface area contributed by atoms with Gasteiger partial charge in [-0.05, 0) is 12.8 Å². The summed E-state index contributed by atoms with van der Waals surface area (Å²) in [4.78, 5) is 17.6. The number of imidazole rings is 1. The van der Waals surface area contributed by atoms with Crippen LogP contribution >= 0.6 is 0 Å². The van der Waals surface area contributed by atoms with Gasteiger partial charge in [0.2, 0.25) is 0 Å². The smallest absolute Gasteiger partial charge is 0.410 e. The summed E-state index contributed by atoms with van der Waals surface area (Å²) in [6.45, 7) is 4.23. The number of rotatable bonds is 7. The van der Waals surface area contributed by atoms with Crippen molar-refractivity contribution in [1.29, 1.82) is 5.26 Å². The maximum absolute atomic E-state index is 12.2. The van der Waals surface area contributed by atoms with Crippen LogP contribution in [0.15, 0.2) is 25.2 Å². The van der Waals surface area contributed by atoms with E-state index in [0.717, 1.165) is 6.26 Å². The molecular weight excluding hydrogens is 348 g/mol. The van der Waals surface area contributed by atoms with E-state index in [-0.39, 0.29) is 19.2 Å². The van der Waals surface area contributed by atoms with Gasteiger partial charge in [0.15, 0.2) is 5.69 Å². The van der Waals surface area contributed by atoms with Gasteiger partial charge in [-0.25, -0.2) is 9.78 Å². The minimum atomic E-state index is -3.61. The minimum Gasteiger partial charge on any atom is -0.445 e. The fourth-order valence-electron chi connectivity index (χ4n) is 2.74. The van der Waals surface area contributed by atoms with Gasteiger partial charge in [0, 0.05) is 18.8 Å². The number of hydrogen-bond donors (Lipinski definition) is 0. The predicted molar refractivity (Wildman–Crippen MR) is 87.9 cm³/mol. The third kappa shape index (κ3) is 5.58. The first-order chi connectivity index (χ1) is 11.8. The molecule has 2 heterocycles. The summed E-state index contributed by atoms with van der Waals surface area (Å²) >= 11 is 0. The molecule has 0 radical (unpaired) electrons. The second-order valence-corrected chi connectivity index (χ2v) is 7.33. The first kappa shape index (κ1) is 19.0. The molecule has 0 bridgehead atoms. The van der Waals surface area contributed by atoms with Gasteiger partial charge in [-0.15, -0.1) is 0 Å². The zero-order chi connectivity index (χ0) is 18.4. The standard InChI is InChI=1S/C15H20N4O5S/c1-3-6-23-15(20)19-10-14(24-25(2,21)22)7-13(19)4-5-18-9-12(8-16)17-11-18/h3,9,11,13-14H,1,4-7,10H2,2H3. The molecule has 136 valence electrons. The largest absolute Gasteiger partial charge is 0.445 e. The Labute approximate surface area is 146 Å². The van der Waals surface area contributed by atoms with Crippen LogP contribution in [0.2, 0.25) is 0 Å². The molecule has 0 N–H and O–H groups in total. The zero-order valence-corrected chi connectivity index (χ0v) is 14.7. The van der Waals surface area contributed by atoms with Crippen molar-refractivity contribution in [3.05, 3.63) is 30.9 Å². The van der Waals surface area contributed by atoms with Gasteiger partial charge in [0.25, 0.3) is 10.1 Å². The average Bonchev–Trinajstić information content (AvgIpc) is 3.15. The lowest BCUT2D eigenvalue weighted by molar-refractivity contribution is 0.102. The lowest BCUT2D eigenvalue weighted by Crippen LogP contribution is -2.37. The van der Waals surface area contributed by atoms with Gasteiger partial charge in [-0.2, -0.15) is 13.7 Å². The van der Waals surface area contributed by atoms with Gasteiger partial charge < -0.3 is 14.2 Å². The summed E-state index contributed by atoms with van der Waals surface area (Å²) < 4.78 is 34.5. The number of likely N-dealkylation sites (tertiary alicyclic amines) is 1. The van der Waals surface area contributed by atoms with Crippen molar-refractivity contribution < 1.29 is 22.1 Å². The summed E-state index contributed by atoms with van der Waals surface area (Å²) in [6, 6.07) is 1.71. The Morgan fingerprint density at radius 2 is 2.36 bits per heavy atom. The molecule has 0 aromatic carbocycles. The van der Waals surface area contributed by atoms with Gasteiger partial charge in [-0.3, -0.25) is 4.18 Å². The third-order valence-corrected chi connectivity index (χ3v) is 4.34. The van der Waals surface area contributed by atoms with E-state index in [1.165, 1.54) is 11.0 Å². The molecule has 1 aliphatic rings. The van der Waals surface area contributed by atoms with Crippen molar-refractivity contribution in [2.45, 2.75) is 31.5 Å². The van der Waals surface area contributed by atoms with Crippen LogP contribution in [0.25, 0.3) is 0 Å². The number of ether oxygens (including phenoxy) is 1. The molecule has 1 aromatic heterocycles. The summed E-state index contributed by atoms with van der Waals surface area (Å²) in [6.07, 6.45) is 5.39. The number of nitrogens with zero attached hydrogens (tertiary/aromatic N) is 4. The zero-order valence-electron chi connectivity index (χ0n) is 13.9. The molecule has 0 spiro atoms. The number of carbonyl (C=O) groups excluding carboxylic acids is 1. The Morgan fingerprint density at radius 3 is 2.96 bits per heavy atom. The monoisotopic (exact) mass is 368 g/mol. The Kier molecular flexibility index (Phi) is 6.17. The maximum Gasteiger partial charge on any atom is 0.410 e. The molecule has 1 amide bonds. The average molecular weight is 368 g/mol. The Hall–Kier alpha value is -2.38. The fourth-order valence-corrected chi connectivity index (χ4v) is 3.37. The van der Waals surface area contributed by atoms with Crippen LogP contribution < -0.4 is 0 Å². The Morgan fingerprint density at radius 1 is 1.60 bits per heavy atom. The van der Waals surface area contributed by atoms with Crippen molar-refractivity contribution in [2.75, 3.05) is 19.4 Å². The molecular formula is C15H20N4O5S. The summed E-state index contributed by atoms with van der Waals surface area (Å²) in [7, 11) is -3.61. The highest BCUT2D eigenvalue weighted by Gasteiger charge is 2.38. The maximum atomic E-state index is 12.2. The van der Waals surface area contributed by atoms with Gasteiger partial charge in [0.1, 0.15) is 12.7 Å². The molecule has 1 aliphatic heterocycles. The molecule has 10 heteroatoms. The van der Waals surface area contributed by atoms with Crippen LogP contribution in [0.5, 0.6) is 0 Å². The van der Waals surface area contributed by atoms with Gasteiger partial charge in [0.05, 0.1) is 25.2 Å². The quantitative estimate of drug-likeness (QED) is 0.518. The van der Waals surface area contributed by atoms with Crippen molar-refractivity contribution in [3.63, 3.8) is 0 Å². The molecule has 1 aromatic rings. The fraction of sp³-hybridized carbons (Fsp3) is 0.533. The van der Waals surface area contributed by atoms with E-state index in [2.05, 4.69) is 11.6 Å². The molecule has 2 unspecified atom stereocenters. The summed E-state index contributed by atoms with van der Waals surface area (Å²) in [5.74, 6) is 0. The Bertz CT molecular complexity index is 767. The first-order valence-corrected chi connectivity index (χ1v) is 9.48. The van der Waals surface area contributed by atoms with E-state index in [9.17, 15) is 13.2 Å². The van der Waals surface area contributed by atoms with E-state index >= 15 is 0 Å². The van der Waals surface area contributed by atoms with Crippen LogP contribution in [0.1, 0.15) is 18.5 Å². The molecule has 0 aliphatic carbocycles. The number of amides is 1. The minimum absolute atomic E-state index is 0.0761. The lowest BCUT2D eigenvalue weighted by Gasteiger charge is -2.23. The highest BCUT2D eigenvalue weighted by molar-refractivity contribution is 7.86. The van der Waals surface area contributed by atoms with Crippen molar-refractivity contribution in [3.8, 4) is 6.07 Å². The first-order valence-electron chi connectivity index (χ1n) is 7.67. The molecule has 25 heavy (non-hydrogen) atoms. The normalized spacial score (nSPS) is 20.2. The predicted octanol–water partition coefficient (Wildman–Crippen LogP) is 0.887. The SMILES string of the molecule is C=CCOC(=O)N1CC(OS(C)(=O)=O)CC1CCn1cnc(C#N)c1. The van der Waals surface area contributed by atoms with Gasteiger partial charge in [-0.1, -0.05) is 12.7 Å². The van der Waals surface area contributed by atoms with Gasteiger partial charge >= 0.3 is 6.09 Å². The topological polar surface area (TPSA) is 115 Å². The van der Waals surface area contributed by atoms with Crippen LogP contribution in [0.4, 0.5) is 4.79 Å². The number of nitriles is 1.